The van der Waals surface area contributed by atoms with Crippen molar-refractivity contribution in [2.45, 2.75) is 32.1 Å². The Morgan fingerprint density at radius 3 is 3.00 bits per heavy atom. The molecule has 3 atom stereocenters. The molecular formula is C12H17NO3. The Labute approximate surface area is 95.1 Å². The molecular weight excluding hydrogens is 206 g/mol. The molecule has 0 unspecified atom stereocenters. The van der Waals surface area contributed by atoms with E-state index in [0.717, 1.165) is 18.8 Å². The molecule has 0 heterocycles. The lowest BCUT2D eigenvalue weighted by atomic mass is 9.53. The summed E-state index contributed by atoms with van der Waals surface area (Å²) < 4.78 is 4.73. The lowest BCUT2D eigenvalue weighted by Gasteiger charge is -2.51. The van der Waals surface area contributed by atoms with Crippen molar-refractivity contribution in [1.82, 2.24) is 0 Å². The molecule has 4 nitrogen and oxygen atoms in total. The number of esters is 1. The molecule has 0 bridgehead atoms. The number of fused-ring (bicyclic) bond motifs is 1. The number of hydrogen-bond donors (Lipinski definition) is 0. The zero-order valence-electron chi connectivity index (χ0n) is 9.57. The molecule has 0 amide bonds. The Balaban J connectivity index is 2.07. The van der Waals surface area contributed by atoms with Gasteiger partial charge in [-0.05, 0) is 24.7 Å². The maximum Gasteiger partial charge on any atom is 0.306 e. The molecule has 2 aliphatic rings. The van der Waals surface area contributed by atoms with E-state index in [0.29, 0.717) is 18.9 Å². The molecule has 2 fully saturated rings. The van der Waals surface area contributed by atoms with Gasteiger partial charge in [-0.15, -0.1) is 0 Å². The van der Waals surface area contributed by atoms with Crippen LogP contribution in [0.5, 0.6) is 0 Å². The third kappa shape index (κ3) is 1.78. The first-order valence-corrected chi connectivity index (χ1v) is 5.82. The summed E-state index contributed by atoms with van der Waals surface area (Å²) in [6.45, 7) is 0.437. The minimum absolute atomic E-state index is 0.105. The predicted octanol–water partition coefficient (Wildman–Crippen LogP) is 1.69. The third-order valence-corrected chi connectivity index (χ3v) is 4.30. The number of nitrogens with zero attached hydrogens (tertiary/aromatic N) is 1. The van der Waals surface area contributed by atoms with Crippen LogP contribution in [0.15, 0.2) is 4.99 Å². The zero-order chi connectivity index (χ0) is 11.6. The van der Waals surface area contributed by atoms with E-state index in [1.54, 1.807) is 6.08 Å². The van der Waals surface area contributed by atoms with Crippen LogP contribution >= 0.6 is 0 Å². The van der Waals surface area contributed by atoms with Crippen LogP contribution in [-0.4, -0.2) is 25.7 Å². The predicted molar refractivity (Wildman–Crippen MR) is 57.5 cm³/mol. The van der Waals surface area contributed by atoms with Gasteiger partial charge in [0.05, 0.1) is 20.1 Å². The first-order valence-electron chi connectivity index (χ1n) is 5.82. The number of rotatable bonds is 4. The zero-order valence-corrected chi connectivity index (χ0v) is 9.57. The molecule has 0 aromatic heterocycles. The lowest BCUT2D eigenvalue weighted by Crippen LogP contribution is -2.48. The second kappa shape index (κ2) is 4.38. The average molecular weight is 223 g/mol. The molecule has 4 heteroatoms. The van der Waals surface area contributed by atoms with E-state index in [2.05, 4.69) is 4.99 Å². The van der Waals surface area contributed by atoms with Crippen molar-refractivity contribution in [1.29, 1.82) is 0 Å². The van der Waals surface area contributed by atoms with E-state index < -0.39 is 0 Å². The summed E-state index contributed by atoms with van der Waals surface area (Å²) in [5.74, 6) is 1.11. The summed E-state index contributed by atoms with van der Waals surface area (Å²) >= 11 is 0. The SMILES string of the molecule is COC(=O)C[C@]1(CN=C=O)C[C@H]2CCC[C@H]21. The van der Waals surface area contributed by atoms with Crippen molar-refractivity contribution in [3.8, 4) is 0 Å². The summed E-state index contributed by atoms with van der Waals surface area (Å²) in [4.78, 5) is 25.3. The smallest absolute Gasteiger partial charge is 0.306 e. The minimum atomic E-state index is -0.188. The van der Waals surface area contributed by atoms with Crippen LogP contribution in [-0.2, 0) is 14.3 Å². The topological polar surface area (TPSA) is 55.7 Å². The Morgan fingerprint density at radius 1 is 1.56 bits per heavy atom. The third-order valence-electron chi connectivity index (χ3n) is 4.30. The van der Waals surface area contributed by atoms with Gasteiger partial charge in [0.1, 0.15) is 0 Å². The quantitative estimate of drug-likeness (QED) is 0.414. The maximum atomic E-state index is 11.4. The summed E-state index contributed by atoms with van der Waals surface area (Å²) in [6, 6.07) is 0. The highest BCUT2D eigenvalue weighted by atomic mass is 16.5. The number of hydrogen-bond acceptors (Lipinski definition) is 4. The van der Waals surface area contributed by atoms with Crippen LogP contribution in [0.4, 0.5) is 0 Å². The van der Waals surface area contributed by atoms with Gasteiger partial charge in [-0.3, -0.25) is 4.79 Å². The average Bonchev–Trinajstić information content (AvgIpc) is 2.67. The monoisotopic (exact) mass is 223 g/mol. The summed E-state index contributed by atoms with van der Waals surface area (Å²) in [5, 5.41) is 0. The van der Waals surface area contributed by atoms with Gasteiger partial charge >= 0.3 is 5.97 Å². The molecule has 16 heavy (non-hydrogen) atoms. The number of methoxy groups -OCH3 is 1. The second-order valence-electron chi connectivity index (χ2n) is 5.02. The molecule has 2 rings (SSSR count). The van der Waals surface area contributed by atoms with Crippen LogP contribution in [0.2, 0.25) is 0 Å². The van der Waals surface area contributed by atoms with Gasteiger partial charge in [0.2, 0.25) is 6.08 Å². The van der Waals surface area contributed by atoms with Crippen LogP contribution in [0.1, 0.15) is 32.1 Å². The number of isocyanates is 1. The molecule has 0 aromatic rings. The van der Waals surface area contributed by atoms with Crippen molar-refractivity contribution >= 4 is 12.0 Å². The van der Waals surface area contributed by atoms with Gasteiger partial charge in [0.15, 0.2) is 0 Å². The Kier molecular flexibility index (Phi) is 3.10. The largest absolute Gasteiger partial charge is 0.469 e. The molecule has 88 valence electrons. The van der Waals surface area contributed by atoms with E-state index >= 15 is 0 Å². The van der Waals surface area contributed by atoms with Gasteiger partial charge in [-0.2, -0.15) is 0 Å². The van der Waals surface area contributed by atoms with Crippen molar-refractivity contribution in [3.05, 3.63) is 0 Å². The van der Waals surface area contributed by atoms with Crippen LogP contribution < -0.4 is 0 Å². The number of carbonyl (C=O) groups is 1. The van der Waals surface area contributed by atoms with Gasteiger partial charge in [-0.25, -0.2) is 9.79 Å². The molecule has 0 aromatic carbocycles. The van der Waals surface area contributed by atoms with Crippen molar-refractivity contribution in [2.24, 2.45) is 22.2 Å². The molecule has 0 radical (unpaired) electrons. The molecule has 2 aliphatic carbocycles. The van der Waals surface area contributed by atoms with Gasteiger partial charge in [-0.1, -0.05) is 12.8 Å². The van der Waals surface area contributed by atoms with Gasteiger partial charge < -0.3 is 4.74 Å². The van der Waals surface area contributed by atoms with Crippen molar-refractivity contribution in [2.75, 3.05) is 13.7 Å². The highest BCUT2D eigenvalue weighted by Crippen LogP contribution is 2.61. The van der Waals surface area contributed by atoms with E-state index in [-0.39, 0.29) is 11.4 Å². The Morgan fingerprint density at radius 2 is 2.38 bits per heavy atom. The fourth-order valence-corrected chi connectivity index (χ4v) is 3.59. The van der Waals surface area contributed by atoms with Crippen molar-refractivity contribution < 1.29 is 14.3 Å². The molecule has 0 saturated heterocycles. The van der Waals surface area contributed by atoms with Gasteiger partial charge in [0.25, 0.3) is 0 Å². The van der Waals surface area contributed by atoms with E-state index in [1.165, 1.54) is 20.0 Å². The fraction of sp³-hybridized carbons (Fsp3) is 0.833. The number of aliphatic imine (C=N–C) groups is 1. The number of carbonyl (C=O) groups excluding carboxylic acids is 2. The molecule has 0 N–H and O–H groups in total. The highest BCUT2D eigenvalue weighted by Gasteiger charge is 2.56. The lowest BCUT2D eigenvalue weighted by molar-refractivity contribution is -0.148. The van der Waals surface area contributed by atoms with Crippen LogP contribution in [0.3, 0.4) is 0 Å². The van der Waals surface area contributed by atoms with E-state index in [1.807, 2.05) is 0 Å². The van der Waals surface area contributed by atoms with E-state index in [4.69, 9.17) is 4.74 Å². The standard InChI is InChI=1S/C12H17NO3/c1-16-11(15)6-12(7-13-8-14)5-9-3-2-4-10(9)12/h9-10H,2-7H2,1H3/t9-,10-,12+/m1/s1. The van der Waals surface area contributed by atoms with Gasteiger partial charge in [0, 0.05) is 5.41 Å². The normalized spacial score (nSPS) is 35.8. The first-order chi connectivity index (χ1) is 7.72. The summed E-state index contributed by atoms with van der Waals surface area (Å²) in [5.41, 5.74) is -0.105. The first kappa shape index (κ1) is 11.3. The molecule has 0 aliphatic heterocycles. The summed E-state index contributed by atoms with van der Waals surface area (Å²) in [6.07, 6.45) is 6.66. The molecule has 0 spiro atoms. The highest BCUT2D eigenvalue weighted by molar-refractivity contribution is 5.70. The van der Waals surface area contributed by atoms with E-state index in [9.17, 15) is 9.59 Å². The van der Waals surface area contributed by atoms with Crippen LogP contribution in [0, 0.1) is 17.3 Å². The fourth-order valence-electron chi connectivity index (χ4n) is 3.59. The number of ether oxygens (including phenoxy) is 1. The molecule has 2 saturated carbocycles. The minimum Gasteiger partial charge on any atom is -0.469 e. The maximum absolute atomic E-state index is 11.4. The second-order valence-corrected chi connectivity index (χ2v) is 5.02. The van der Waals surface area contributed by atoms with Crippen molar-refractivity contribution in [3.63, 3.8) is 0 Å². The summed E-state index contributed by atoms with van der Waals surface area (Å²) in [7, 11) is 1.41. The van der Waals surface area contributed by atoms with Crippen LogP contribution in [0.25, 0.3) is 0 Å². The Hall–Kier alpha value is -1.15. The Bertz CT molecular complexity index is 335.